The number of anilines is 1. The Labute approximate surface area is 189 Å². The van der Waals surface area contributed by atoms with E-state index in [-0.39, 0.29) is 23.4 Å². The largest absolute Gasteiger partial charge is 0.452 e. The molecule has 1 heterocycles. The molecule has 1 aromatic heterocycles. The van der Waals surface area contributed by atoms with Crippen molar-refractivity contribution in [2.45, 2.75) is 39.0 Å². The van der Waals surface area contributed by atoms with E-state index in [9.17, 15) is 14.0 Å². The van der Waals surface area contributed by atoms with Crippen molar-refractivity contribution >= 4 is 29.3 Å². The van der Waals surface area contributed by atoms with E-state index in [0.717, 1.165) is 28.5 Å². The first-order chi connectivity index (χ1) is 15.2. The molecule has 2 unspecified atom stereocenters. The van der Waals surface area contributed by atoms with Crippen molar-refractivity contribution in [1.82, 2.24) is 10.2 Å². The third kappa shape index (κ3) is 6.16. The van der Waals surface area contributed by atoms with Gasteiger partial charge in [0.25, 0.3) is 5.89 Å². The van der Waals surface area contributed by atoms with Gasteiger partial charge in [0.2, 0.25) is 11.8 Å². The summed E-state index contributed by atoms with van der Waals surface area (Å²) in [6.45, 7) is 7.32. The molecular formula is C23H24FN3O4S. The van der Waals surface area contributed by atoms with Gasteiger partial charge in [0, 0.05) is 11.3 Å². The van der Waals surface area contributed by atoms with Crippen LogP contribution in [0.3, 0.4) is 0 Å². The van der Waals surface area contributed by atoms with E-state index in [0.29, 0.717) is 11.6 Å². The lowest BCUT2D eigenvalue weighted by atomic mass is 10.1. The first-order valence-corrected chi connectivity index (χ1v) is 11.1. The van der Waals surface area contributed by atoms with Crippen LogP contribution in [0.4, 0.5) is 10.1 Å². The molecule has 1 N–H and O–H groups in total. The number of nitrogens with one attached hydrogen (secondary N) is 1. The minimum Gasteiger partial charge on any atom is -0.452 e. The van der Waals surface area contributed by atoms with Crippen molar-refractivity contribution in [2.75, 3.05) is 11.1 Å². The molecule has 0 bridgehead atoms. The summed E-state index contributed by atoms with van der Waals surface area (Å²) in [5.41, 5.74) is 3.54. The molecule has 0 saturated carbocycles. The highest BCUT2D eigenvalue weighted by molar-refractivity contribution is 8.01. The fourth-order valence-corrected chi connectivity index (χ4v) is 3.37. The second kappa shape index (κ2) is 10.4. The number of thioether (sulfide) groups is 1. The van der Waals surface area contributed by atoms with Crippen molar-refractivity contribution < 1.29 is 23.1 Å². The van der Waals surface area contributed by atoms with Crippen LogP contribution in [-0.4, -0.2) is 33.1 Å². The molecule has 0 aliphatic rings. The molecule has 0 fully saturated rings. The first-order valence-electron chi connectivity index (χ1n) is 10.0. The highest BCUT2D eigenvalue weighted by atomic mass is 32.2. The molecule has 0 saturated heterocycles. The van der Waals surface area contributed by atoms with E-state index in [1.807, 2.05) is 32.0 Å². The van der Waals surface area contributed by atoms with E-state index in [2.05, 4.69) is 15.5 Å². The Balaban J connectivity index is 1.50. The maximum Gasteiger partial charge on any atom is 0.319 e. The number of amides is 1. The standard InChI is InChI=1S/C23H24FN3O4S/c1-13-5-6-17(11-14(13)2)22-27-26-21(31-22)15(3)30-23(29)16(4)32-12-20(28)25-19-9-7-18(24)8-10-19/h5-11,15-16H,12H2,1-4H3,(H,25,28). The van der Waals surface area contributed by atoms with Crippen molar-refractivity contribution in [2.24, 2.45) is 0 Å². The molecule has 0 aliphatic carbocycles. The second-order valence-electron chi connectivity index (χ2n) is 7.33. The summed E-state index contributed by atoms with van der Waals surface area (Å²) in [6.07, 6.45) is -0.730. The Morgan fingerprint density at radius 2 is 1.81 bits per heavy atom. The Kier molecular flexibility index (Phi) is 7.63. The van der Waals surface area contributed by atoms with Gasteiger partial charge < -0.3 is 14.5 Å². The number of aryl methyl sites for hydroxylation is 2. The van der Waals surface area contributed by atoms with Gasteiger partial charge in [-0.05, 0) is 75.2 Å². The smallest absolute Gasteiger partial charge is 0.319 e. The molecule has 0 radical (unpaired) electrons. The lowest BCUT2D eigenvalue weighted by molar-refractivity contribution is -0.148. The zero-order valence-corrected chi connectivity index (χ0v) is 19.0. The summed E-state index contributed by atoms with van der Waals surface area (Å²) in [6, 6.07) is 11.3. The molecule has 0 spiro atoms. The zero-order valence-electron chi connectivity index (χ0n) is 18.2. The van der Waals surface area contributed by atoms with Crippen molar-refractivity contribution in [3.05, 3.63) is 65.3 Å². The quantitative estimate of drug-likeness (QED) is 0.483. The number of nitrogens with zero attached hydrogens (tertiary/aromatic N) is 2. The molecule has 2 aromatic carbocycles. The maximum absolute atomic E-state index is 12.9. The number of ether oxygens (including phenoxy) is 1. The number of benzene rings is 2. The number of esters is 1. The summed E-state index contributed by atoms with van der Waals surface area (Å²) < 4.78 is 24.0. The van der Waals surface area contributed by atoms with Crippen LogP contribution in [0.2, 0.25) is 0 Å². The average Bonchev–Trinajstić information content (AvgIpc) is 3.26. The van der Waals surface area contributed by atoms with Crippen LogP contribution in [0.5, 0.6) is 0 Å². The second-order valence-corrected chi connectivity index (χ2v) is 8.66. The number of carbonyl (C=O) groups is 2. The van der Waals surface area contributed by atoms with E-state index in [1.54, 1.807) is 13.8 Å². The fraction of sp³-hybridized carbons (Fsp3) is 0.304. The van der Waals surface area contributed by atoms with Crippen LogP contribution in [0.25, 0.3) is 11.5 Å². The molecule has 3 aromatic rings. The Bertz CT molecular complexity index is 1100. The van der Waals surface area contributed by atoms with Gasteiger partial charge in [0.1, 0.15) is 11.1 Å². The van der Waals surface area contributed by atoms with Gasteiger partial charge in [-0.2, -0.15) is 0 Å². The summed E-state index contributed by atoms with van der Waals surface area (Å²) in [4.78, 5) is 24.4. The maximum atomic E-state index is 12.9. The molecule has 2 atom stereocenters. The van der Waals surface area contributed by atoms with Gasteiger partial charge in [-0.15, -0.1) is 22.0 Å². The van der Waals surface area contributed by atoms with Crippen LogP contribution in [-0.2, 0) is 14.3 Å². The Morgan fingerprint density at radius 1 is 1.09 bits per heavy atom. The number of rotatable bonds is 8. The Morgan fingerprint density at radius 3 is 2.50 bits per heavy atom. The van der Waals surface area contributed by atoms with Gasteiger partial charge in [0.15, 0.2) is 6.10 Å². The molecule has 9 heteroatoms. The SMILES string of the molecule is Cc1ccc(-c2nnc(C(C)OC(=O)C(C)SCC(=O)Nc3ccc(F)cc3)o2)cc1C. The van der Waals surface area contributed by atoms with Gasteiger partial charge in [-0.1, -0.05) is 6.07 Å². The predicted octanol–water partition coefficient (Wildman–Crippen LogP) is 4.86. The van der Waals surface area contributed by atoms with Gasteiger partial charge in [-0.3, -0.25) is 9.59 Å². The summed E-state index contributed by atoms with van der Waals surface area (Å²) in [7, 11) is 0. The molecule has 0 aliphatic heterocycles. The highest BCUT2D eigenvalue weighted by Gasteiger charge is 2.23. The van der Waals surface area contributed by atoms with Crippen LogP contribution in [0, 0.1) is 19.7 Å². The predicted molar refractivity (Wildman–Crippen MR) is 121 cm³/mol. The van der Waals surface area contributed by atoms with Crippen molar-refractivity contribution in [1.29, 1.82) is 0 Å². The van der Waals surface area contributed by atoms with Gasteiger partial charge in [0.05, 0.1) is 5.75 Å². The molecule has 32 heavy (non-hydrogen) atoms. The summed E-state index contributed by atoms with van der Waals surface area (Å²) in [5, 5.41) is 10.1. The van der Waals surface area contributed by atoms with Crippen LogP contribution >= 0.6 is 11.8 Å². The lowest BCUT2D eigenvalue weighted by Crippen LogP contribution is -2.22. The molecule has 7 nitrogen and oxygen atoms in total. The van der Waals surface area contributed by atoms with E-state index >= 15 is 0 Å². The Hall–Kier alpha value is -3.20. The molecule has 1 amide bonds. The van der Waals surface area contributed by atoms with E-state index in [4.69, 9.17) is 9.15 Å². The number of aromatic nitrogens is 2. The average molecular weight is 458 g/mol. The van der Waals surface area contributed by atoms with Crippen LogP contribution < -0.4 is 5.32 Å². The lowest BCUT2D eigenvalue weighted by Gasteiger charge is -2.14. The minimum atomic E-state index is -0.730. The van der Waals surface area contributed by atoms with E-state index in [1.165, 1.54) is 24.3 Å². The number of carbonyl (C=O) groups excluding carboxylic acids is 2. The third-order valence-corrected chi connectivity index (χ3v) is 5.88. The van der Waals surface area contributed by atoms with Crippen molar-refractivity contribution in [3.63, 3.8) is 0 Å². The number of halogens is 1. The number of hydrogen-bond donors (Lipinski definition) is 1. The third-order valence-electron chi connectivity index (χ3n) is 4.76. The molecule has 3 rings (SSSR count). The van der Waals surface area contributed by atoms with Crippen LogP contribution in [0.15, 0.2) is 46.9 Å². The van der Waals surface area contributed by atoms with Gasteiger partial charge >= 0.3 is 5.97 Å². The number of hydrogen-bond acceptors (Lipinski definition) is 7. The highest BCUT2D eigenvalue weighted by Crippen LogP contribution is 2.25. The fourth-order valence-electron chi connectivity index (χ4n) is 2.71. The first kappa shape index (κ1) is 23.5. The molecular weight excluding hydrogens is 433 g/mol. The van der Waals surface area contributed by atoms with Crippen LogP contribution in [0.1, 0.15) is 37.0 Å². The monoisotopic (exact) mass is 457 g/mol. The summed E-state index contributed by atoms with van der Waals surface area (Å²) in [5.74, 6) is -0.597. The molecule has 168 valence electrons. The zero-order chi connectivity index (χ0) is 23.3. The van der Waals surface area contributed by atoms with E-state index < -0.39 is 17.3 Å². The van der Waals surface area contributed by atoms with Crippen molar-refractivity contribution in [3.8, 4) is 11.5 Å². The summed E-state index contributed by atoms with van der Waals surface area (Å²) >= 11 is 1.13. The minimum absolute atomic E-state index is 0.0412. The van der Waals surface area contributed by atoms with Gasteiger partial charge in [-0.25, -0.2) is 4.39 Å². The normalized spacial score (nSPS) is 12.8. The topological polar surface area (TPSA) is 94.3 Å².